The summed E-state index contributed by atoms with van der Waals surface area (Å²) in [6.07, 6.45) is 19.5. The molecule has 6 nitrogen and oxygen atoms in total. The van der Waals surface area contributed by atoms with Crippen molar-refractivity contribution >= 4 is 18.0 Å². The summed E-state index contributed by atoms with van der Waals surface area (Å²) < 4.78 is 2.63. The first kappa shape index (κ1) is 21.4. The van der Waals surface area contributed by atoms with Crippen LogP contribution in [0.15, 0.2) is 0 Å². The summed E-state index contributed by atoms with van der Waals surface area (Å²) in [5.41, 5.74) is 0.00517. The highest BCUT2D eigenvalue weighted by molar-refractivity contribution is 7.97. The van der Waals surface area contributed by atoms with E-state index in [4.69, 9.17) is 0 Å². The molecular weight excluding hydrogens is 394 g/mol. The molecule has 5 atom stereocenters. The molecule has 0 spiro atoms. The van der Waals surface area contributed by atoms with Crippen LogP contribution in [0.2, 0.25) is 0 Å². The van der Waals surface area contributed by atoms with Gasteiger partial charge in [0.15, 0.2) is 0 Å². The molecule has 0 aromatic heterocycles. The number of rotatable bonds is 5. The van der Waals surface area contributed by atoms with Gasteiger partial charge in [-0.25, -0.2) is 10.1 Å². The predicted molar refractivity (Wildman–Crippen MR) is 122 cm³/mol. The molecule has 0 aromatic rings. The molecular formula is C23H42N5OS+. The van der Waals surface area contributed by atoms with Crippen LogP contribution in [0.25, 0.3) is 0 Å². The third-order valence-corrected chi connectivity index (χ3v) is 9.65. The molecule has 0 aromatic carbocycles. The van der Waals surface area contributed by atoms with E-state index in [2.05, 4.69) is 20.3 Å². The molecule has 30 heavy (non-hydrogen) atoms. The summed E-state index contributed by atoms with van der Waals surface area (Å²) in [4.78, 5) is 14.3. The van der Waals surface area contributed by atoms with Crippen LogP contribution < -0.4 is 20.9 Å². The predicted octanol–water partition coefficient (Wildman–Crippen LogP) is 2.78. The van der Waals surface area contributed by atoms with Crippen LogP contribution in [-0.2, 0) is 0 Å². The van der Waals surface area contributed by atoms with Crippen molar-refractivity contribution in [3.05, 3.63) is 0 Å². The van der Waals surface area contributed by atoms with E-state index < -0.39 is 0 Å². The van der Waals surface area contributed by atoms with Gasteiger partial charge in [-0.05, 0) is 56.4 Å². The van der Waals surface area contributed by atoms with Crippen LogP contribution in [-0.4, -0.2) is 47.3 Å². The molecule has 170 valence electrons. The lowest BCUT2D eigenvalue weighted by Gasteiger charge is -2.33. The molecule has 5 fully saturated rings. The summed E-state index contributed by atoms with van der Waals surface area (Å²) in [6, 6.07) is 1.46. The number of carbonyl (C=O) groups excluding carboxylic acids is 1. The van der Waals surface area contributed by atoms with Gasteiger partial charge in [0.25, 0.3) is 0 Å². The Hall–Kier alpha value is -0.500. The first-order valence-corrected chi connectivity index (χ1v) is 13.7. The molecule has 2 amide bonds. The van der Waals surface area contributed by atoms with E-state index in [-0.39, 0.29) is 11.5 Å². The van der Waals surface area contributed by atoms with E-state index >= 15 is 0 Å². The second-order valence-corrected chi connectivity index (χ2v) is 11.6. The Morgan fingerprint density at radius 1 is 0.900 bits per heavy atom. The van der Waals surface area contributed by atoms with Gasteiger partial charge in [0, 0.05) is 18.9 Å². The van der Waals surface area contributed by atoms with Gasteiger partial charge < -0.3 is 15.5 Å². The SMILES string of the molecule is O=C(NCC1CCCCC1)NC1NC2N(S1)C1CCCCC1[NH+]2CC1CCCCC1. The highest BCUT2D eigenvalue weighted by Gasteiger charge is 2.56. The number of urea groups is 1. The Morgan fingerprint density at radius 3 is 2.33 bits per heavy atom. The zero-order chi connectivity index (χ0) is 20.3. The Kier molecular flexibility index (Phi) is 7.09. The zero-order valence-corrected chi connectivity index (χ0v) is 19.4. The fourth-order valence-corrected chi connectivity index (χ4v) is 8.19. The number of amides is 2. The minimum absolute atomic E-state index is 0.000714. The Labute approximate surface area is 186 Å². The lowest BCUT2D eigenvalue weighted by molar-refractivity contribution is -0.947. The van der Waals surface area contributed by atoms with Gasteiger partial charge in [0.1, 0.15) is 11.5 Å². The van der Waals surface area contributed by atoms with Crippen molar-refractivity contribution < 1.29 is 9.69 Å². The van der Waals surface area contributed by atoms with Gasteiger partial charge in [0.05, 0.1) is 12.6 Å². The highest BCUT2D eigenvalue weighted by Crippen LogP contribution is 2.36. The van der Waals surface area contributed by atoms with Crippen LogP contribution in [0.5, 0.6) is 0 Å². The molecule has 2 aliphatic heterocycles. The van der Waals surface area contributed by atoms with Crippen molar-refractivity contribution in [1.29, 1.82) is 0 Å². The Balaban J connectivity index is 1.16. The second kappa shape index (κ2) is 9.97. The fraction of sp³-hybridized carbons (Fsp3) is 0.957. The first-order chi connectivity index (χ1) is 14.8. The van der Waals surface area contributed by atoms with E-state index in [0.29, 0.717) is 18.2 Å². The van der Waals surface area contributed by atoms with Crippen LogP contribution in [0.3, 0.4) is 0 Å². The second-order valence-electron chi connectivity index (χ2n) is 10.5. The monoisotopic (exact) mass is 436 g/mol. The van der Waals surface area contributed by atoms with E-state index in [0.717, 1.165) is 18.5 Å². The smallest absolute Gasteiger partial charge is 0.316 e. The van der Waals surface area contributed by atoms with Crippen molar-refractivity contribution in [3.63, 3.8) is 0 Å². The van der Waals surface area contributed by atoms with Crippen LogP contribution in [0, 0.1) is 11.8 Å². The summed E-state index contributed by atoms with van der Waals surface area (Å²) >= 11 is 1.85. The maximum absolute atomic E-state index is 12.5. The van der Waals surface area contributed by atoms with Gasteiger partial charge in [0.2, 0.25) is 6.29 Å². The van der Waals surface area contributed by atoms with Gasteiger partial charge in [-0.15, -0.1) is 0 Å². The Morgan fingerprint density at radius 2 is 1.57 bits per heavy atom. The third kappa shape index (κ3) is 4.79. The van der Waals surface area contributed by atoms with Gasteiger partial charge >= 0.3 is 6.03 Å². The molecule has 5 unspecified atom stereocenters. The molecule has 0 bridgehead atoms. The van der Waals surface area contributed by atoms with Gasteiger partial charge in [-0.2, -0.15) is 4.31 Å². The number of hydrogen-bond acceptors (Lipinski definition) is 4. The highest BCUT2D eigenvalue weighted by atomic mass is 32.2. The molecule has 3 aliphatic carbocycles. The maximum Gasteiger partial charge on any atom is 0.316 e. The number of hydrogen-bond donors (Lipinski definition) is 4. The molecule has 4 N–H and O–H groups in total. The number of quaternary nitrogens is 1. The molecule has 2 saturated heterocycles. The van der Waals surface area contributed by atoms with Crippen LogP contribution in [0.1, 0.15) is 89.9 Å². The summed E-state index contributed by atoms with van der Waals surface area (Å²) in [7, 11) is 0. The molecule has 7 heteroatoms. The summed E-state index contributed by atoms with van der Waals surface area (Å²) in [5.74, 6) is 1.57. The van der Waals surface area contributed by atoms with E-state index in [9.17, 15) is 4.79 Å². The average molecular weight is 437 g/mol. The number of nitrogens with one attached hydrogen (secondary N) is 4. The van der Waals surface area contributed by atoms with E-state index in [1.54, 1.807) is 4.90 Å². The number of fused-ring (bicyclic) bond motifs is 3. The molecule has 3 saturated carbocycles. The minimum atomic E-state index is 0.000714. The molecule has 5 rings (SSSR count). The quantitative estimate of drug-likeness (QED) is 0.501. The van der Waals surface area contributed by atoms with Crippen molar-refractivity contribution in [2.75, 3.05) is 13.1 Å². The third-order valence-electron chi connectivity index (χ3n) is 8.46. The normalized spacial score (nSPS) is 38.2. The lowest BCUT2D eigenvalue weighted by atomic mass is 9.87. The summed E-state index contributed by atoms with van der Waals surface area (Å²) in [6.45, 7) is 2.15. The number of carbonyl (C=O) groups is 1. The van der Waals surface area contributed by atoms with E-state index in [1.165, 1.54) is 96.4 Å². The zero-order valence-electron chi connectivity index (χ0n) is 18.5. The average Bonchev–Trinajstić information content (AvgIpc) is 3.32. The molecule has 2 heterocycles. The fourth-order valence-electron chi connectivity index (χ4n) is 6.88. The van der Waals surface area contributed by atoms with Crippen molar-refractivity contribution in [1.82, 2.24) is 20.3 Å². The maximum atomic E-state index is 12.5. The van der Waals surface area contributed by atoms with Crippen molar-refractivity contribution in [3.8, 4) is 0 Å². The molecule has 5 aliphatic rings. The van der Waals surface area contributed by atoms with Crippen molar-refractivity contribution in [2.24, 2.45) is 11.8 Å². The molecule has 0 radical (unpaired) electrons. The Bertz CT molecular complexity index is 580. The number of nitrogens with zero attached hydrogens (tertiary/aromatic N) is 1. The van der Waals surface area contributed by atoms with Crippen molar-refractivity contribution in [2.45, 2.75) is 114 Å². The minimum Gasteiger partial charge on any atom is -0.338 e. The van der Waals surface area contributed by atoms with Gasteiger partial charge in [-0.1, -0.05) is 44.9 Å². The summed E-state index contributed by atoms with van der Waals surface area (Å²) in [5, 5.41) is 10.2. The topological polar surface area (TPSA) is 60.8 Å². The van der Waals surface area contributed by atoms with E-state index in [1.807, 2.05) is 11.9 Å². The largest absolute Gasteiger partial charge is 0.338 e. The van der Waals surface area contributed by atoms with Crippen LogP contribution in [0.4, 0.5) is 4.79 Å². The van der Waals surface area contributed by atoms with Crippen LogP contribution >= 0.6 is 11.9 Å². The lowest BCUT2D eigenvalue weighted by Crippen LogP contribution is -3.20. The van der Waals surface area contributed by atoms with Gasteiger partial charge in [-0.3, -0.25) is 0 Å². The standard InChI is InChI=1S/C23H41N5OS/c29-21(24-15-17-9-3-1-4-10-17)25-22-26-23-27(16-18-11-5-2-6-12-18)19-13-7-8-14-20(19)28(23)30-22/h17-20,22-23,26H,1-16H2,(H2,24,25,29)/p+1. The first-order valence-electron chi connectivity index (χ1n) is 12.9.